The summed E-state index contributed by atoms with van der Waals surface area (Å²) in [4.78, 5) is 59.0. The standard InChI is InChI=1S/C30H49N5O13/c1-20(2)15-28(40)31-17-25-18-35(34-33-25)7-8-41-9-10-42-11-12-43-13-14-45-30(32-21(3)36)16-26(46-23(5)38)29(47-24(6)39)27(48-30)19-44-22(4)37/h18,20,26-27,29H,7-17,19H2,1-6H3,(H,31,40)(H,32,36). The molecule has 4 unspecified atom stereocenters. The number of ether oxygens (including phenoxy) is 8. The van der Waals surface area contributed by atoms with E-state index in [-0.39, 0.29) is 51.3 Å². The molecule has 1 fully saturated rings. The third kappa shape index (κ3) is 16.4. The lowest BCUT2D eigenvalue weighted by molar-refractivity contribution is -0.336. The molecule has 1 aliphatic rings. The summed E-state index contributed by atoms with van der Waals surface area (Å²) in [5, 5.41) is 13.5. The average molecular weight is 688 g/mol. The molecule has 48 heavy (non-hydrogen) atoms. The Labute approximate surface area is 279 Å². The van der Waals surface area contributed by atoms with Gasteiger partial charge in [-0.05, 0) is 5.92 Å². The Hall–Kier alpha value is -3.71. The van der Waals surface area contributed by atoms with E-state index in [2.05, 4.69) is 20.9 Å². The topological polar surface area (TPSA) is 214 Å². The Morgan fingerprint density at radius 3 is 2.12 bits per heavy atom. The van der Waals surface area contributed by atoms with Crippen molar-refractivity contribution >= 4 is 29.7 Å². The zero-order valence-corrected chi connectivity index (χ0v) is 28.5. The predicted octanol–water partition coefficient (Wildman–Crippen LogP) is 0.0121. The summed E-state index contributed by atoms with van der Waals surface area (Å²) in [5.41, 5.74) is 0.667. The van der Waals surface area contributed by atoms with Crippen LogP contribution in [-0.4, -0.2) is 122 Å². The molecule has 1 aliphatic heterocycles. The van der Waals surface area contributed by atoms with Crippen LogP contribution in [-0.2, 0) is 75.0 Å². The largest absolute Gasteiger partial charge is 0.463 e. The van der Waals surface area contributed by atoms with Gasteiger partial charge in [-0.2, -0.15) is 0 Å². The Morgan fingerprint density at radius 1 is 0.917 bits per heavy atom. The van der Waals surface area contributed by atoms with Gasteiger partial charge < -0.3 is 48.5 Å². The first kappa shape index (κ1) is 40.5. The van der Waals surface area contributed by atoms with E-state index in [0.29, 0.717) is 45.0 Å². The molecule has 4 atom stereocenters. The third-order valence-electron chi connectivity index (χ3n) is 6.40. The van der Waals surface area contributed by atoms with Gasteiger partial charge in [0.15, 0.2) is 6.10 Å². The molecule has 2 amide bonds. The second kappa shape index (κ2) is 21.3. The molecule has 2 rings (SSSR count). The van der Waals surface area contributed by atoms with Crippen LogP contribution in [0.5, 0.6) is 0 Å². The van der Waals surface area contributed by atoms with E-state index in [9.17, 15) is 24.0 Å². The van der Waals surface area contributed by atoms with E-state index in [0.717, 1.165) is 0 Å². The van der Waals surface area contributed by atoms with Gasteiger partial charge in [-0.1, -0.05) is 19.1 Å². The summed E-state index contributed by atoms with van der Waals surface area (Å²) in [5.74, 6) is -4.02. The summed E-state index contributed by atoms with van der Waals surface area (Å²) >= 11 is 0. The molecule has 272 valence electrons. The first-order valence-electron chi connectivity index (χ1n) is 15.8. The van der Waals surface area contributed by atoms with Gasteiger partial charge in [0.2, 0.25) is 11.8 Å². The lowest BCUT2D eigenvalue weighted by Crippen LogP contribution is -2.65. The van der Waals surface area contributed by atoms with Crippen molar-refractivity contribution in [3.05, 3.63) is 11.9 Å². The smallest absolute Gasteiger partial charge is 0.303 e. The molecular weight excluding hydrogens is 638 g/mol. The maximum Gasteiger partial charge on any atom is 0.303 e. The second-order valence-electron chi connectivity index (χ2n) is 11.4. The number of rotatable bonds is 22. The second-order valence-corrected chi connectivity index (χ2v) is 11.4. The molecule has 0 aromatic carbocycles. The normalized spacial score (nSPS) is 20.6. The first-order chi connectivity index (χ1) is 22.8. The molecule has 0 aliphatic carbocycles. The van der Waals surface area contributed by atoms with Crippen LogP contribution in [0.2, 0.25) is 0 Å². The van der Waals surface area contributed by atoms with Crippen molar-refractivity contribution < 1.29 is 61.9 Å². The first-order valence-corrected chi connectivity index (χ1v) is 15.8. The lowest BCUT2D eigenvalue weighted by Gasteiger charge is -2.46. The SMILES string of the molecule is CC(=O)NC1(OCCOCCOCCOCCn2cc(CNC(=O)CC(C)C)nn2)CC(OC(C)=O)C(OC(C)=O)C(COC(C)=O)O1. The van der Waals surface area contributed by atoms with Crippen LogP contribution in [0, 0.1) is 5.92 Å². The van der Waals surface area contributed by atoms with Gasteiger partial charge in [0.05, 0.1) is 72.0 Å². The number of hydrogen-bond donors (Lipinski definition) is 2. The molecule has 0 radical (unpaired) electrons. The van der Waals surface area contributed by atoms with Gasteiger partial charge in [0.25, 0.3) is 5.91 Å². The highest BCUT2D eigenvalue weighted by Crippen LogP contribution is 2.33. The lowest BCUT2D eigenvalue weighted by atomic mass is 9.98. The summed E-state index contributed by atoms with van der Waals surface area (Å²) in [6.07, 6.45) is -1.37. The molecule has 2 heterocycles. The molecule has 2 N–H and O–H groups in total. The number of hydrogen-bond acceptors (Lipinski definition) is 15. The van der Waals surface area contributed by atoms with Gasteiger partial charge in [0, 0.05) is 34.1 Å². The van der Waals surface area contributed by atoms with Crippen molar-refractivity contribution in [2.24, 2.45) is 5.92 Å². The van der Waals surface area contributed by atoms with Crippen molar-refractivity contribution in [1.29, 1.82) is 0 Å². The highest BCUT2D eigenvalue weighted by molar-refractivity contribution is 5.76. The van der Waals surface area contributed by atoms with Crippen molar-refractivity contribution in [2.75, 3.05) is 52.9 Å². The van der Waals surface area contributed by atoms with Crippen molar-refractivity contribution in [3.63, 3.8) is 0 Å². The van der Waals surface area contributed by atoms with Crippen LogP contribution >= 0.6 is 0 Å². The van der Waals surface area contributed by atoms with Gasteiger partial charge in [-0.15, -0.1) is 5.10 Å². The quantitative estimate of drug-likeness (QED) is 0.0711. The number of nitrogens with one attached hydrogen (secondary N) is 2. The van der Waals surface area contributed by atoms with Crippen LogP contribution in [0.15, 0.2) is 6.20 Å². The van der Waals surface area contributed by atoms with Gasteiger partial charge in [0.1, 0.15) is 24.5 Å². The minimum Gasteiger partial charge on any atom is -0.463 e. The fraction of sp³-hybridized carbons (Fsp3) is 0.767. The molecule has 0 saturated carbocycles. The maximum absolute atomic E-state index is 12.1. The van der Waals surface area contributed by atoms with Crippen molar-refractivity contribution in [1.82, 2.24) is 25.6 Å². The minimum absolute atomic E-state index is 0.0224. The molecule has 0 bridgehead atoms. The highest BCUT2D eigenvalue weighted by Gasteiger charge is 2.52. The van der Waals surface area contributed by atoms with E-state index in [4.69, 9.17) is 37.9 Å². The summed E-state index contributed by atoms with van der Waals surface area (Å²) in [6.45, 7) is 10.9. The number of aromatic nitrogens is 3. The van der Waals surface area contributed by atoms with E-state index >= 15 is 0 Å². The molecule has 0 spiro atoms. The maximum atomic E-state index is 12.1. The van der Waals surface area contributed by atoms with Crippen LogP contribution in [0.4, 0.5) is 0 Å². The van der Waals surface area contributed by atoms with Gasteiger partial charge in [-0.25, -0.2) is 4.68 Å². The molecule has 1 saturated heterocycles. The Kier molecular flexibility index (Phi) is 18.0. The van der Waals surface area contributed by atoms with Gasteiger partial charge in [-0.3, -0.25) is 24.0 Å². The molecule has 1 aromatic heterocycles. The van der Waals surface area contributed by atoms with Crippen LogP contribution in [0.1, 0.15) is 60.1 Å². The fourth-order valence-corrected chi connectivity index (χ4v) is 4.58. The minimum atomic E-state index is -1.80. The predicted molar refractivity (Wildman–Crippen MR) is 164 cm³/mol. The number of nitrogens with zero attached hydrogens (tertiary/aromatic N) is 3. The average Bonchev–Trinajstić information content (AvgIpc) is 3.43. The van der Waals surface area contributed by atoms with E-state index in [1.807, 2.05) is 13.8 Å². The highest BCUT2D eigenvalue weighted by atomic mass is 16.7. The number of amides is 2. The van der Waals surface area contributed by atoms with Crippen LogP contribution in [0.25, 0.3) is 0 Å². The summed E-state index contributed by atoms with van der Waals surface area (Å²) < 4.78 is 46.0. The number of carbonyl (C=O) groups excluding carboxylic acids is 5. The molecule has 18 nitrogen and oxygen atoms in total. The molecule has 18 heteroatoms. The summed E-state index contributed by atoms with van der Waals surface area (Å²) in [7, 11) is 0. The monoisotopic (exact) mass is 687 g/mol. The van der Waals surface area contributed by atoms with E-state index < -0.39 is 48.0 Å². The van der Waals surface area contributed by atoms with Crippen LogP contribution < -0.4 is 10.6 Å². The summed E-state index contributed by atoms with van der Waals surface area (Å²) in [6, 6.07) is 0. The zero-order valence-electron chi connectivity index (χ0n) is 28.5. The van der Waals surface area contributed by atoms with E-state index in [1.165, 1.54) is 27.7 Å². The van der Waals surface area contributed by atoms with Crippen LogP contribution in [0.3, 0.4) is 0 Å². The van der Waals surface area contributed by atoms with E-state index in [1.54, 1.807) is 10.9 Å². The Morgan fingerprint density at radius 2 is 1.54 bits per heavy atom. The Bertz CT molecular complexity index is 1180. The molecule has 1 aromatic rings. The fourth-order valence-electron chi connectivity index (χ4n) is 4.58. The van der Waals surface area contributed by atoms with Gasteiger partial charge >= 0.3 is 17.9 Å². The third-order valence-corrected chi connectivity index (χ3v) is 6.40. The number of carbonyl (C=O) groups is 5. The molecular formula is C30H49N5O13. The zero-order chi connectivity index (χ0) is 35.5. The van der Waals surface area contributed by atoms with Crippen molar-refractivity contribution in [3.8, 4) is 0 Å². The Balaban J connectivity index is 1.71. The number of esters is 3. The van der Waals surface area contributed by atoms with Crippen molar-refractivity contribution in [2.45, 2.75) is 91.7 Å².